The molecule has 6 nitrogen and oxygen atoms in total. The third-order valence-electron chi connectivity index (χ3n) is 2.12. The van der Waals surface area contributed by atoms with Crippen LogP contribution < -0.4 is 10.1 Å². The van der Waals surface area contributed by atoms with Gasteiger partial charge in [-0.25, -0.2) is 4.98 Å². The molecule has 0 bridgehead atoms. The number of halogens is 1. The molecule has 100 valence electrons. The van der Waals surface area contributed by atoms with Crippen molar-refractivity contribution in [2.75, 3.05) is 26.1 Å². The van der Waals surface area contributed by atoms with Gasteiger partial charge in [0.2, 0.25) is 17.7 Å². The van der Waals surface area contributed by atoms with Gasteiger partial charge >= 0.3 is 0 Å². The van der Waals surface area contributed by atoms with Crippen LogP contribution in [0.5, 0.6) is 5.88 Å². The highest BCUT2D eigenvalue weighted by molar-refractivity contribution is 6.29. The molecule has 1 unspecified atom stereocenters. The van der Waals surface area contributed by atoms with Gasteiger partial charge in [-0.05, 0) is 5.92 Å². The molecule has 0 aliphatic rings. The molecule has 1 aromatic heterocycles. The maximum Gasteiger partial charge on any atom is 0.234 e. The zero-order chi connectivity index (χ0) is 13.5. The van der Waals surface area contributed by atoms with Crippen LogP contribution in [0.25, 0.3) is 0 Å². The Hall–Kier alpha value is -1.40. The number of hydrogen-bond acceptors (Lipinski definition) is 5. The molecule has 0 spiro atoms. The van der Waals surface area contributed by atoms with Crippen LogP contribution in [0, 0.1) is 5.92 Å². The third-order valence-corrected chi connectivity index (χ3v) is 2.31. The smallest absolute Gasteiger partial charge is 0.234 e. The summed E-state index contributed by atoms with van der Waals surface area (Å²) in [5.74, 6) is 0.365. The Kier molecular flexibility index (Phi) is 5.80. The van der Waals surface area contributed by atoms with E-state index in [0.717, 1.165) is 0 Å². The number of nitrogens with zero attached hydrogens (tertiary/aromatic N) is 2. The van der Waals surface area contributed by atoms with Gasteiger partial charge in [-0.1, -0.05) is 18.5 Å². The molecular formula is C11H16ClN3O3. The van der Waals surface area contributed by atoms with Gasteiger partial charge in [0, 0.05) is 26.2 Å². The molecule has 0 saturated heterocycles. The van der Waals surface area contributed by atoms with Crippen molar-refractivity contribution >= 4 is 23.5 Å². The molecule has 18 heavy (non-hydrogen) atoms. The van der Waals surface area contributed by atoms with E-state index in [1.165, 1.54) is 13.2 Å². The Morgan fingerprint density at radius 3 is 2.83 bits per heavy atom. The number of hydrogen-bond donors (Lipinski definition) is 1. The van der Waals surface area contributed by atoms with E-state index >= 15 is 0 Å². The van der Waals surface area contributed by atoms with Crippen LogP contribution in [-0.2, 0) is 9.53 Å². The summed E-state index contributed by atoms with van der Waals surface area (Å²) in [6.45, 7) is 2.44. The second-order valence-corrected chi connectivity index (χ2v) is 4.26. The summed E-state index contributed by atoms with van der Waals surface area (Å²) in [4.78, 5) is 19.5. The van der Waals surface area contributed by atoms with Crippen molar-refractivity contribution in [3.05, 3.63) is 11.2 Å². The number of anilines is 1. The van der Waals surface area contributed by atoms with Gasteiger partial charge in [0.25, 0.3) is 0 Å². The second-order valence-electron chi connectivity index (χ2n) is 3.87. The number of carbonyl (C=O) groups excluding carboxylic acids is 1. The van der Waals surface area contributed by atoms with Gasteiger partial charge in [-0.3, -0.25) is 10.1 Å². The minimum Gasteiger partial charge on any atom is -0.481 e. The summed E-state index contributed by atoms with van der Waals surface area (Å²) in [7, 11) is 3.06. The maximum atomic E-state index is 11.7. The summed E-state index contributed by atoms with van der Waals surface area (Å²) in [5, 5.41) is 2.78. The van der Waals surface area contributed by atoms with E-state index in [0.29, 0.717) is 18.9 Å². The van der Waals surface area contributed by atoms with Crippen molar-refractivity contribution < 1.29 is 14.3 Å². The van der Waals surface area contributed by atoms with E-state index in [1.54, 1.807) is 7.11 Å². The first kappa shape index (κ1) is 14.7. The molecule has 7 heteroatoms. The van der Waals surface area contributed by atoms with E-state index in [1.807, 2.05) is 6.92 Å². The highest BCUT2D eigenvalue weighted by Crippen LogP contribution is 2.16. The molecule has 1 amide bonds. The fraction of sp³-hybridized carbons (Fsp3) is 0.545. The first-order valence-corrected chi connectivity index (χ1v) is 5.80. The van der Waals surface area contributed by atoms with Crippen molar-refractivity contribution in [3.8, 4) is 5.88 Å². The Bertz CT molecular complexity index is 415. The molecule has 0 saturated carbocycles. The summed E-state index contributed by atoms with van der Waals surface area (Å²) in [5.41, 5.74) is 0. The van der Waals surface area contributed by atoms with E-state index in [4.69, 9.17) is 21.1 Å². The van der Waals surface area contributed by atoms with E-state index < -0.39 is 0 Å². The predicted octanol–water partition coefficient (Wildman–Crippen LogP) is 1.75. The minimum absolute atomic E-state index is 0.121. The lowest BCUT2D eigenvalue weighted by Gasteiger charge is -2.10. The SMILES string of the molecule is COCC(C)CC(=O)Nc1nc(Cl)cc(OC)n1. The van der Waals surface area contributed by atoms with Crippen molar-refractivity contribution in [2.24, 2.45) is 5.92 Å². The number of nitrogens with one attached hydrogen (secondary N) is 1. The molecule has 0 fully saturated rings. The molecular weight excluding hydrogens is 258 g/mol. The molecule has 1 rings (SSSR count). The van der Waals surface area contributed by atoms with Crippen molar-refractivity contribution in [2.45, 2.75) is 13.3 Å². The monoisotopic (exact) mass is 273 g/mol. The van der Waals surface area contributed by atoms with Crippen LogP contribution in [0.3, 0.4) is 0 Å². The standard InChI is InChI=1S/C11H16ClN3O3/c1-7(6-17-2)4-9(16)14-11-13-8(12)5-10(15-11)18-3/h5,7H,4,6H2,1-3H3,(H,13,14,15,16). The quantitative estimate of drug-likeness (QED) is 0.800. The maximum absolute atomic E-state index is 11.7. The van der Waals surface area contributed by atoms with Gasteiger partial charge < -0.3 is 9.47 Å². The number of methoxy groups -OCH3 is 2. The lowest BCUT2D eigenvalue weighted by Crippen LogP contribution is -2.19. The molecule has 1 N–H and O–H groups in total. The number of carbonyl (C=O) groups is 1. The van der Waals surface area contributed by atoms with Gasteiger partial charge in [-0.2, -0.15) is 4.98 Å². The molecule has 1 heterocycles. The van der Waals surface area contributed by atoms with Crippen molar-refractivity contribution in [1.82, 2.24) is 9.97 Å². The van der Waals surface area contributed by atoms with E-state index in [2.05, 4.69) is 15.3 Å². The van der Waals surface area contributed by atoms with Gasteiger partial charge in [0.05, 0.1) is 7.11 Å². The largest absolute Gasteiger partial charge is 0.481 e. The zero-order valence-corrected chi connectivity index (χ0v) is 11.3. The lowest BCUT2D eigenvalue weighted by molar-refractivity contribution is -0.117. The highest BCUT2D eigenvalue weighted by Gasteiger charge is 2.11. The number of ether oxygens (including phenoxy) is 2. The zero-order valence-electron chi connectivity index (χ0n) is 10.6. The number of rotatable bonds is 6. The fourth-order valence-electron chi connectivity index (χ4n) is 1.39. The number of aromatic nitrogens is 2. The van der Waals surface area contributed by atoms with Crippen LogP contribution in [0.1, 0.15) is 13.3 Å². The summed E-state index contributed by atoms with van der Waals surface area (Å²) in [6.07, 6.45) is 0.325. The normalized spacial score (nSPS) is 12.0. The lowest BCUT2D eigenvalue weighted by atomic mass is 10.1. The first-order chi connectivity index (χ1) is 8.55. The average Bonchev–Trinajstić information content (AvgIpc) is 2.27. The second kappa shape index (κ2) is 7.13. The Morgan fingerprint density at radius 1 is 1.50 bits per heavy atom. The Balaban J connectivity index is 2.61. The molecule has 0 aromatic carbocycles. The highest BCUT2D eigenvalue weighted by atomic mass is 35.5. The third kappa shape index (κ3) is 4.85. The topological polar surface area (TPSA) is 73.3 Å². The van der Waals surface area contributed by atoms with Crippen LogP contribution in [0.15, 0.2) is 6.07 Å². The van der Waals surface area contributed by atoms with Gasteiger partial charge in [0.15, 0.2) is 0 Å². The summed E-state index contributed by atoms with van der Waals surface area (Å²) >= 11 is 5.77. The predicted molar refractivity (Wildman–Crippen MR) is 67.9 cm³/mol. The fourth-order valence-corrected chi connectivity index (χ4v) is 1.57. The van der Waals surface area contributed by atoms with Gasteiger partial charge in [-0.15, -0.1) is 0 Å². The summed E-state index contributed by atoms with van der Waals surface area (Å²) in [6, 6.07) is 1.46. The van der Waals surface area contributed by atoms with E-state index in [9.17, 15) is 4.79 Å². The minimum atomic E-state index is -0.191. The molecule has 1 aromatic rings. The van der Waals surface area contributed by atoms with Crippen LogP contribution in [0.4, 0.5) is 5.95 Å². The Morgan fingerprint density at radius 2 is 2.22 bits per heavy atom. The number of amides is 1. The summed E-state index contributed by atoms with van der Waals surface area (Å²) < 4.78 is 9.89. The molecule has 0 aliphatic carbocycles. The van der Waals surface area contributed by atoms with Crippen LogP contribution in [0.2, 0.25) is 5.15 Å². The molecule has 1 atom stereocenters. The Labute approximate surface area is 111 Å². The van der Waals surface area contributed by atoms with Crippen molar-refractivity contribution in [1.29, 1.82) is 0 Å². The molecule has 0 aliphatic heterocycles. The van der Waals surface area contributed by atoms with E-state index in [-0.39, 0.29) is 22.9 Å². The van der Waals surface area contributed by atoms with Crippen LogP contribution in [-0.4, -0.2) is 36.7 Å². The average molecular weight is 274 g/mol. The first-order valence-electron chi connectivity index (χ1n) is 5.42. The van der Waals surface area contributed by atoms with Gasteiger partial charge in [0.1, 0.15) is 5.15 Å². The van der Waals surface area contributed by atoms with Crippen LogP contribution >= 0.6 is 11.6 Å². The van der Waals surface area contributed by atoms with Crippen molar-refractivity contribution in [3.63, 3.8) is 0 Å². The molecule has 0 radical (unpaired) electrons.